The van der Waals surface area contributed by atoms with Crippen LogP contribution in [0.5, 0.6) is 0 Å². The number of carbonyl (C=O) groups excluding carboxylic acids is 1. The fourth-order valence-corrected chi connectivity index (χ4v) is 1.64. The van der Waals surface area contributed by atoms with Gasteiger partial charge in [-0.2, -0.15) is 0 Å². The van der Waals surface area contributed by atoms with E-state index < -0.39 is 0 Å². The van der Waals surface area contributed by atoms with E-state index in [0.717, 1.165) is 24.8 Å². The number of halogens is 1. The minimum Gasteiger partial charge on any atom is -0.396 e. The Hall–Kier alpha value is -1.42. The molecule has 0 aliphatic carbocycles. The van der Waals surface area contributed by atoms with Crippen LogP contribution < -0.4 is 5.32 Å². The summed E-state index contributed by atoms with van der Waals surface area (Å²) < 4.78 is 12.7. The molecule has 0 spiro atoms. The van der Waals surface area contributed by atoms with E-state index in [9.17, 15) is 9.18 Å². The third kappa shape index (κ3) is 6.35. The van der Waals surface area contributed by atoms with Crippen LogP contribution in [0.3, 0.4) is 0 Å². The van der Waals surface area contributed by atoms with Gasteiger partial charge in [-0.05, 0) is 43.4 Å². The van der Waals surface area contributed by atoms with Gasteiger partial charge in [-0.3, -0.25) is 4.79 Å². The Morgan fingerprint density at radius 2 is 1.89 bits per heavy atom. The molecule has 1 aromatic carbocycles. The van der Waals surface area contributed by atoms with Crippen LogP contribution in [-0.2, 0) is 11.2 Å². The van der Waals surface area contributed by atoms with Crippen LogP contribution in [0.4, 0.5) is 4.39 Å². The lowest BCUT2D eigenvalue weighted by Gasteiger charge is -2.05. The molecule has 100 valence electrons. The lowest BCUT2D eigenvalue weighted by molar-refractivity contribution is -0.121. The number of aryl methyl sites for hydroxylation is 1. The summed E-state index contributed by atoms with van der Waals surface area (Å²) in [5.41, 5.74) is 0.965. The van der Waals surface area contributed by atoms with Crippen LogP contribution in [-0.4, -0.2) is 24.2 Å². The smallest absolute Gasteiger partial charge is 0.220 e. The molecule has 2 N–H and O–H groups in total. The SMILES string of the molecule is O=C(CCc1ccc(F)cc1)NCCCCCO. The standard InChI is InChI=1S/C14H20FNO2/c15-13-7-4-12(5-8-13)6-9-14(18)16-10-2-1-3-11-17/h4-5,7-8,17H,1-3,6,9-11H2,(H,16,18). The molecule has 18 heavy (non-hydrogen) atoms. The fraction of sp³-hybridized carbons (Fsp3) is 0.500. The molecule has 1 rings (SSSR count). The first-order valence-corrected chi connectivity index (χ1v) is 6.34. The average Bonchev–Trinajstić information content (AvgIpc) is 2.38. The van der Waals surface area contributed by atoms with E-state index in [1.165, 1.54) is 12.1 Å². The Kier molecular flexibility index (Phi) is 7.03. The van der Waals surface area contributed by atoms with Gasteiger partial charge in [-0.15, -0.1) is 0 Å². The molecule has 0 heterocycles. The Labute approximate surface area is 107 Å². The van der Waals surface area contributed by atoms with Gasteiger partial charge in [0.05, 0.1) is 0 Å². The Bertz CT molecular complexity index is 351. The van der Waals surface area contributed by atoms with Crippen molar-refractivity contribution in [3.8, 4) is 0 Å². The van der Waals surface area contributed by atoms with E-state index in [4.69, 9.17) is 5.11 Å². The van der Waals surface area contributed by atoms with Gasteiger partial charge in [0.25, 0.3) is 0 Å². The van der Waals surface area contributed by atoms with Crippen LogP contribution in [0.1, 0.15) is 31.2 Å². The first-order valence-electron chi connectivity index (χ1n) is 6.34. The maximum Gasteiger partial charge on any atom is 0.220 e. The Morgan fingerprint density at radius 1 is 1.17 bits per heavy atom. The molecular weight excluding hydrogens is 233 g/mol. The highest BCUT2D eigenvalue weighted by molar-refractivity contribution is 5.76. The summed E-state index contributed by atoms with van der Waals surface area (Å²) in [6, 6.07) is 6.21. The maximum absolute atomic E-state index is 12.7. The molecular formula is C14H20FNO2. The van der Waals surface area contributed by atoms with Crippen molar-refractivity contribution in [3.05, 3.63) is 35.6 Å². The zero-order valence-corrected chi connectivity index (χ0v) is 10.5. The minimum atomic E-state index is -0.257. The van der Waals surface area contributed by atoms with Crippen molar-refractivity contribution in [2.75, 3.05) is 13.2 Å². The molecule has 0 saturated carbocycles. The average molecular weight is 253 g/mol. The highest BCUT2D eigenvalue weighted by Crippen LogP contribution is 2.05. The van der Waals surface area contributed by atoms with E-state index in [2.05, 4.69) is 5.32 Å². The van der Waals surface area contributed by atoms with Crippen molar-refractivity contribution in [1.82, 2.24) is 5.32 Å². The number of unbranched alkanes of at least 4 members (excludes halogenated alkanes) is 2. The van der Waals surface area contributed by atoms with E-state index in [-0.39, 0.29) is 18.3 Å². The van der Waals surface area contributed by atoms with Gasteiger partial charge in [0.1, 0.15) is 5.82 Å². The predicted octanol–water partition coefficient (Wildman–Crippen LogP) is 2.04. The number of benzene rings is 1. The number of hydrogen-bond acceptors (Lipinski definition) is 2. The van der Waals surface area contributed by atoms with Gasteiger partial charge >= 0.3 is 0 Å². The molecule has 0 radical (unpaired) electrons. The number of hydrogen-bond donors (Lipinski definition) is 2. The van der Waals surface area contributed by atoms with Crippen molar-refractivity contribution in [3.63, 3.8) is 0 Å². The van der Waals surface area contributed by atoms with Crippen molar-refractivity contribution in [2.45, 2.75) is 32.1 Å². The zero-order valence-electron chi connectivity index (χ0n) is 10.5. The molecule has 0 fully saturated rings. The number of rotatable bonds is 8. The van der Waals surface area contributed by atoms with Crippen LogP contribution in [0.15, 0.2) is 24.3 Å². The normalized spacial score (nSPS) is 10.3. The summed E-state index contributed by atoms with van der Waals surface area (Å²) in [4.78, 5) is 11.5. The second-order valence-corrected chi connectivity index (χ2v) is 4.26. The molecule has 0 atom stereocenters. The van der Waals surface area contributed by atoms with Crippen LogP contribution in [0.25, 0.3) is 0 Å². The minimum absolute atomic E-state index is 0.0170. The second-order valence-electron chi connectivity index (χ2n) is 4.26. The first-order chi connectivity index (χ1) is 8.72. The topological polar surface area (TPSA) is 49.3 Å². The van der Waals surface area contributed by atoms with Crippen molar-refractivity contribution >= 4 is 5.91 Å². The van der Waals surface area contributed by atoms with Gasteiger partial charge in [0, 0.05) is 19.6 Å². The van der Waals surface area contributed by atoms with Crippen LogP contribution in [0.2, 0.25) is 0 Å². The molecule has 0 saturated heterocycles. The molecule has 0 bridgehead atoms. The lowest BCUT2D eigenvalue weighted by atomic mass is 10.1. The molecule has 0 aliphatic heterocycles. The Morgan fingerprint density at radius 3 is 2.56 bits per heavy atom. The first kappa shape index (κ1) is 14.6. The predicted molar refractivity (Wildman–Crippen MR) is 68.7 cm³/mol. The highest BCUT2D eigenvalue weighted by Gasteiger charge is 2.01. The molecule has 1 aromatic rings. The molecule has 1 amide bonds. The fourth-order valence-electron chi connectivity index (χ4n) is 1.64. The second kappa shape index (κ2) is 8.64. The molecule has 0 unspecified atom stereocenters. The van der Waals surface area contributed by atoms with Crippen molar-refractivity contribution < 1.29 is 14.3 Å². The Balaban J connectivity index is 2.11. The summed E-state index contributed by atoms with van der Waals surface area (Å²) in [5, 5.41) is 11.4. The molecule has 4 heteroatoms. The molecule has 0 aromatic heterocycles. The summed E-state index contributed by atoms with van der Waals surface area (Å²) >= 11 is 0. The van der Waals surface area contributed by atoms with Crippen molar-refractivity contribution in [2.24, 2.45) is 0 Å². The lowest BCUT2D eigenvalue weighted by Crippen LogP contribution is -2.24. The summed E-state index contributed by atoms with van der Waals surface area (Å²) in [6.07, 6.45) is 3.65. The number of aliphatic hydroxyl groups is 1. The zero-order chi connectivity index (χ0) is 13.2. The summed E-state index contributed by atoms with van der Waals surface area (Å²) in [6.45, 7) is 0.862. The maximum atomic E-state index is 12.7. The third-order valence-corrected chi connectivity index (χ3v) is 2.71. The van der Waals surface area contributed by atoms with Gasteiger partial charge in [-0.1, -0.05) is 12.1 Å². The van der Waals surface area contributed by atoms with Crippen LogP contribution in [0, 0.1) is 5.82 Å². The molecule has 0 aliphatic rings. The van der Waals surface area contributed by atoms with Gasteiger partial charge < -0.3 is 10.4 Å². The van der Waals surface area contributed by atoms with Gasteiger partial charge in [0.15, 0.2) is 0 Å². The summed E-state index contributed by atoms with van der Waals surface area (Å²) in [7, 11) is 0. The van der Waals surface area contributed by atoms with E-state index in [1.807, 2.05) is 0 Å². The quantitative estimate of drug-likeness (QED) is 0.696. The van der Waals surface area contributed by atoms with E-state index >= 15 is 0 Å². The number of carbonyl (C=O) groups is 1. The number of amides is 1. The van der Waals surface area contributed by atoms with E-state index in [1.54, 1.807) is 12.1 Å². The number of nitrogens with one attached hydrogen (secondary N) is 1. The monoisotopic (exact) mass is 253 g/mol. The summed E-state index contributed by atoms with van der Waals surface area (Å²) in [5.74, 6) is -0.240. The third-order valence-electron chi connectivity index (χ3n) is 2.71. The van der Waals surface area contributed by atoms with Crippen LogP contribution >= 0.6 is 0 Å². The molecule has 3 nitrogen and oxygen atoms in total. The largest absolute Gasteiger partial charge is 0.396 e. The highest BCUT2D eigenvalue weighted by atomic mass is 19.1. The van der Waals surface area contributed by atoms with Gasteiger partial charge in [-0.25, -0.2) is 4.39 Å². The van der Waals surface area contributed by atoms with E-state index in [0.29, 0.717) is 19.4 Å². The van der Waals surface area contributed by atoms with Gasteiger partial charge in [0.2, 0.25) is 5.91 Å². The number of aliphatic hydroxyl groups excluding tert-OH is 1. The van der Waals surface area contributed by atoms with Crippen molar-refractivity contribution in [1.29, 1.82) is 0 Å².